The predicted molar refractivity (Wildman–Crippen MR) is 128 cm³/mol. The van der Waals surface area contributed by atoms with Crippen LogP contribution in [0.15, 0.2) is 52.5 Å². The van der Waals surface area contributed by atoms with Gasteiger partial charge in [0.2, 0.25) is 0 Å². The molecular weight excluding hydrogens is 488 g/mol. The van der Waals surface area contributed by atoms with Crippen molar-refractivity contribution >= 4 is 33.4 Å². The normalized spacial score (nSPS) is 20.9. The van der Waals surface area contributed by atoms with Crippen LogP contribution in [0, 0.1) is 6.92 Å². The first kappa shape index (κ1) is 23.5. The van der Waals surface area contributed by atoms with Gasteiger partial charge in [-0.05, 0) is 48.4 Å². The molecule has 8 heteroatoms. The van der Waals surface area contributed by atoms with Crippen LogP contribution in [0.2, 0.25) is 0 Å². The second kappa shape index (κ2) is 10.1. The van der Waals surface area contributed by atoms with Crippen LogP contribution in [0.1, 0.15) is 22.7 Å². The Hall–Kier alpha value is -2.68. The number of morpholine rings is 1. The standard InChI is InChI=1S/C25H27BrN2O5/c1-16-15-18(5-8-20(16)32-2)23(29)21-22(17-3-6-19(26)7-4-17)28(25(31)24(21)30)10-9-27-11-13-33-14-12-27/h3-8,15,22,29H,9-14H2,1-2H3/t22-/m0/s1. The average Bonchev–Trinajstić information content (AvgIpc) is 3.08. The number of aliphatic hydroxyl groups is 1. The largest absolute Gasteiger partial charge is 0.507 e. The van der Waals surface area contributed by atoms with Gasteiger partial charge >= 0.3 is 0 Å². The third-order valence-electron chi connectivity index (χ3n) is 6.15. The van der Waals surface area contributed by atoms with Gasteiger partial charge in [-0.2, -0.15) is 0 Å². The van der Waals surface area contributed by atoms with E-state index in [4.69, 9.17) is 9.47 Å². The van der Waals surface area contributed by atoms with Crippen LogP contribution in [-0.4, -0.2) is 73.1 Å². The molecule has 0 radical (unpaired) electrons. The molecule has 2 aromatic rings. The lowest BCUT2D eigenvalue weighted by atomic mass is 9.95. The van der Waals surface area contributed by atoms with Gasteiger partial charge in [-0.3, -0.25) is 14.5 Å². The molecule has 0 saturated carbocycles. The van der Waals surface area contributed by atoms with Gasteiger partial charge in [0.25, 0.3) is 11.7 Å². The van der Waals surface area contributed by atoms with Crippen molar-refractivity contribution in [3.8, 4) is 5.75 Å². The summed E-state index contributed by atoms with van der Waals surface area (Å²) in [5.41, 5.74) is 2.17. The number of ketones is 1. The molecule has 0 bridgehead atoms. The van der Waals surface area contributed by atoms with E-state index in [1.165, 1.54) is 0 Å². The quantitative estimate of drug-likeness (QED) is 0.361. The highest BCUT2D eigenvalue weighted by molar-refractivity contribution is 9.10. The van der Waals surface area contributed by atoms with Crippen molar-refractivity contribution in [1.29, 1.82) is 0 Å². The highest BCUT2D eigenvalue weighted by Crippen LogP contribution is 2.40. The van der Waals surface area contributed by atoms with Crippen molar-refractivity contribution in [2.24, 2.45) is 0 Å². The molecule has 2 saturated heterocycles. The van der Waals surface area contributed by atoms with E-state index in [0.717, 1.165) is 28.7 Å². The number of rotatable bonds is 6. The molecule has 1 atom stereocenters. The summed E-state index contributed by atoms with van der Waals surface area (Å²) in [6, 6.07) is 12.0. The molecule has 0 aromatic heterocycles. The highest BCUT2D eigenvalue weighted by atomic mass is 79.9. The number of amides is 1. The Bertz CT molecular complexity index is 1080. The zero-order chi connectivity index (χ0) is 23.5. The molecule has 1 amide bonds. The molecule has 2 aromatic carbocycles. The second-order valence-corrected chi connectivity index (χ2v) is 9.10. The highest BCUT2D eigenvalue weighted by Gasteiger charge is 2.46. The minimum Gasteiger partial charge on any atom is -0.507 e. The molecule has 174 valence electrons. The lowest BCUT2D eigenvalue weighted by Crippen LogP contribution is -2.42. The van der Waals surface area contributed by atoms with Crippen LogP contribution in [0.5, 0.6) is 5.75 Å². The fourth-order valence-corrected chi connectivity index (χ4v) is 4.62. The Labute approximate surface area is 201 Å². The average molecular weight is 515 g/mol. The number of halogens is 1. The SMILES string of the molecule is COc1ccc(C(O)=C2C(=O)C(=O)N(CCN3CCOCC3)[C@H]2c2ccc(Br)cc2)cc1C. The fraction of sp³-hybridized carbons (Fsp3) is 0.360. The maximum atomic E-state index is 13.2. The van der Waals surface area contributed by atoms with Gasteiger partial charge in [0, 0.05) is 36.2 Å². The molecule has 2 aliphatic rings. The van der Waals surface area contributed by atoms with E-state index in [9.17, 15) is 14.7 Å². The van der Waals surface area contributed by atoms with Crippen molar-refractivity contribution in [2.45, 2.75) is 13.0 Å². The summed E-state index contributed by atoms with van der Waals surface area (Å²) in [6.45, 7) is 5.77. The van der Waals surface area contributed by atoms with Gasteiger partial charge in [0.15, 0.2) is 0 Å². The van der Waals surface area contributed by atoms with E-state index in [2.05, 4.69) is 20.8 Å². The number of nitrogens with zero attached hydrogens (tertiary/aromatic N) is 2. The predicted octanol–water partition coefficient (Wildman–Crippen LogP) is 3.52. The summed E-state index contributed by atoms with van der Waals surface area (Å²) in [5, 5.41) is 11.2. The maximum Gasteiger partial charge on any atom is 0.295 e. The van der Waals surface area contributed by atoms with Gasteiger partial charge < -0.3 is 19.5 Å². The van der Waals surface area contributed by atoms with Crippen molar-refractivity contribution < 1.29 is 24.2 Å². The minimum atomic E-state index is -0.670. The van der Waals surface area contributed by atoms with E-state index >= 15 is 0 Å². The first-order chi connectivity index (χ1) is 15.9. The van der Waals surface area contributed by atoms with Crippen LogP contribution in [0.4, 0.5) is 0 Å². The molecule has 0 aliphatic carbocycles. The molecule has 4 rings (SSSR count). The summed E-state index contributed by atoms with van der Waals surface area (Å²) in [6.07, 6.45) is 0. The van der Waals surface area contributed by atoms with Crippen molar-refractivity contribution in [1.82, 2.24) is 9.80 Å². The fourth-order valence-electron chi connectivity index (χ4n) is 4.36. The number of likely N-dealkylation sites (tertiary alicyclic amines) is 1. The summed E-state index contributed by atoms with van der Waals surface area (Å²) in [4.78, 5) is 30.1. The first-order valence-corrected chi connectivity index (χ1v) is 11.7. The third-order valence-corrected chi connectivity index (χ3v) is 6.68. The van der Waals surface area contributed by atoms with Crippen molar-refractivity contribution in [2.75, 3.05) is 46.5 Å². The van der Waals surface area contributed by atoms with Gasteiger partial charge in [0.1, 0.15) is 11.5 Å². The van der Waals surface area contributed by atoms with Crippen LogP contribution in [-0.2, 0) is 14.3 Å². The maximum absolute atomic E-state index is 13.2. The van der Waals surface area contributed by atoms with E-state index in [0.29, 0.717) is 37.6 Å². The zero-order valence-electron chi connectivity index (χ0n) is 18.7. The number of carbonyl (C=O) groups excluding carboxylic acids is 2. The van der Waals surface area contributed by atoms with E-state index in [-0.39, 0.29) is 11.3 Å². The van der Waals surface area contributed by atoms with Crippen LogP contribution in [0.25, 0.3) is 5.76 Å². The van der Waals surface area contributed by atoms with Crippen molar-refractivity contribution in [3.63, 3.8) is 0 Å². The zero-order valence-corrected chi connectivity index (χ0v) is 20.3. The summed E-state index contributed by atoms with van der Waals surface area (Å²) >= 11 is 3.44. The molecule has 2 fully saturated rings. The van der Waals surface area contributed by atoms with Crippen molar-refractivity contribution in [3.05, 3.63) is 69.2 Å². The summed E-state index contributed by atoms with van der Waals surface area (Å²) < 4.78 is 11.6. The number of hydrogen-bond donors (Lipinski definition) is 1. The van der Waals surface area contributed by atoms with E-state index in [1.807, 2.05) is 31.2 Å². The van der Waals surface area contributed by atoms with Gasteiger partial charge in [-0.15, -0.1) is 0 Å². The van der Waals surface area contributed by atoms with Gasteiger partial charge in [-0.25, -0.2) is 0 Å². The number of Topliss-reactive ketones (excluding diaryl/α,β-unsaturated/α-hetero) is 1. The Balaban J connectivity index is 1.74. The van der Waals surface area contributed by atoms with Crippen LogP contribution >= 0.6 is 15.9 Å². The number of ether oxygens (including phenoxy) is 2. The lowest BCUT2D eigenvalue weighted by Gasteiger charge is -2.31. The Morgan fingerprint density at radius 1 is 1.12 bits per heavy atom. The van der Waals surface area contributed by atoms with E-state index < -0.39 is 17.7 Å². The van der Waals surface area contributed by atoms with Crippen LogP contribution < -0.4 is 4.74 Å². The summed E-state index contributed by atoms with van der Waals surface area (Å²) in [7, 11) is 1.58. The lowest BCUT2D eigenvalue weighted by molar-refractivity contribution is -0.140. The molecular formula is C25H27BrN2O5. The Morgan fingerprint density at radius 2 is 1.82 bits per heavy atom. The molecule has 2 heterocycles. The molecule has 0 spiro atoms. The molecule has 1 N–H and O–H groups in total. The smallest absolute Gasteiger partial charge is 0.295 e. The topological polar surface area (TPSA) is 79.3 Å². The molecule has 7 nitrogen and oxygen atoms in total. The van der Waals surface area contributed by atoms with E-state index in [1.54, 1.807) is 30.2 Å². The number of carbonyl (C=O) groups is 2. The summed E-state index contributed by atoms with van der Waals surface area (Å²) in [5.74, 6) is -0.762. The number of hydrogen-bond acceptors (Lipinski definition) is 6. The second-order valence-electron chi connectivity index (χ2n) is 8.18. The Morgan fingerprint density at radius 3 is 2.45 bits per heavy atom. The van der Waals surface area contributed by atoms with Gasteiger partial charge in [-0.1, -0.05) is 28.1 Å². The molecule has 33 heavy (non-hydrogen) atoms. The number of methoxy groups -OCH3 is 1. The molecule has 0 unspecified atom stereocenters. The number of benzene rings is 2. The third kappa shape index (κ3) is 4.83. The van der Waals surface area contributed by atoms with Crippen LogP contribution in [0.3, 0.4) is 0 Å². The van der Waals surface area contributed by atoms with Gasteiger partial charge in [0.05, 0.1) is 31.9 Å². The monoisotopic (exact) mass is 514 g/mol. The molecule has 2 aliphatic heterocycles. The number of aliphatic hydroxyl groups excluding tert-OH is 1. The number of aryl methyl sites for hydroxylation is 1. The minimum absolute atomic E-state index is 0.105. The Kier molecular flexibility index (Phi) is 7.17. The first-order valence-electron chi connectivity index (χ1n) is 10.9.